The van der Waals surface area contributed by atoms with Gasteiger partial charge in [0.25, 0.3) is 0 Å². The molecule has 0 aliphatic rings. The molecule has 1 atom stereocenters. The highest BCUT2D eigenvalue weighted by atomic mass is 35.5. The summed E-state index contributed by atoms with van der Waals surface area (Å²) in [6.07, 6.45) is 6.36. The third-order valence-electron chi connectivity index (χ3n) is 1.56. The lowest BCUT2D eigenvalue weighted by molar-refractivity contribution is -0.703. The number of imidazole rings is 1. The summed E-state index contributed by atoms with van der Waals surface area (Å²) in [5.74, 6) is 0. The van der Waals surface area contributed by atoms with E-state index in [1.54, 1.807) is 27.9 Å². The first-order chi connectivity index (χ1) is 5.76. The predicted octanol–water partition coefficient (Wildman–Crippen LogP) is -3.77. The summed E-state index contributed by atoms with van der Waals surface area (Å²) in [7, 11) is 0. The Labute approximate surface area is 83.2 Å². The molecule has 4 nitrogen and oxygen atoms in total. The molecule has 0 fully saturated rings. The summed E-state index contributed by atoms with van der Waals surface area (Å²) < 4.78 is 3.55. The zero-order valence-corrected chi connectivity index (χ0v) is 7.93. The van der Waals surface area contributed by atoms with Gasteiger partial charge in [0.15, 0.2) is 0 Å². The molecule has 0 aliphatic heterocycles. The van der Waals surface area contributed by atoms with Gasteiger partial charge in [0.1, 0.15) is 25.0 Å². The Bertz CT molecular complexity index is 262. The van der Waals surface area contributed by atoms with Gasteiger partial charge in [0, 0.05) is 0 Å². The van der Waals surface area contributed by atoms with Crippen LogP contribution >= 0.6 is 0 Å². The third kappa shape index (κ3) is 3.59. The van der Waals surface area contributed by atoms with E-state index in [1.807, 2.05) is 6.20 Å². The van der Waals surface area contributed by atoms with Crippen LogP contribution in [0.5, 0.6) is 0 Å². The summed E-state index contributed by atoms with van der Waals surface area (Å²) in [5.41, 5.74) is 0. The highest BCUT2D eigenvalue weighted by Gasteiger charge is 2.07. The third-order valence-corrected chi connectivity index (χ3v) is 1.56. The van der Waals surface area contributed by atoms with E-state index in [2.05, 4.69) is 6.58 Å². The van der Waals surface area contributed by atoms with Crippen molar-refractivity contribution >= 4 is 6.20 Å². The zero-order chi connectivity index (χ0) is 8.97. The molecule has 0 aromatic carbocycles. The Kier molecular flexibility index (Phi) is 5.37. The van der Waals surface area contributed by atoms with E-state index >= 15 is 0 Å². The highest BCUT2D eigenvalue weighted by Crippen LogP contribution is 1.85. The van der Waals surface area contributed by atoms with Gasteiger partial charge in [-0.25, -0.2) is 9.13 Å². The van der Waals surface area contributed by atoms with Gasteiger partial charge >= 0.3 is 0 Å². The number of aliphatic hydroxyl groups excluding tert-OH is 2. The summed E-state index contributed by atoms with van der Waals surface area (Å²) in [6, 6.07) is 0. The van der Waals surface area contributed by atoms with Gasteiger partial charge < -0.3 is 22.6 Å². The second kappa shape index (κ2) is 5.75. The van der Waals surface area contributed by atoms with Crippen LogP contribution in [0.15, 0.2) is 25.3 Å². The van der Waals surface area contributed by atoms with Crippen molar-refractivity contribution in [2.24, 2.45) is 0 Å². The Morgan fingerprint density at radius 3 is 2.77 bits per heavy atom. The molecule has 5 heteroatoms. The molecule has 0 radical (unpaired) electrons. The van der Waals surface area contributed by atoms with Gasteiger partial charge in [-0.2, -0.15) is 0 Å². The molecule has 1 unspecified atom stereocenters. The summed E-state index contributed by atoms with van der Waals surface area (Å²) in [5, 5.41) is 17.7. The number of aliphatic hydroxyl groups is 2. The average Bonchev–Trinajstić information content (AvgIpc) is 2.52. The van der Waals surface area contributed by atoms with Crippen LogP contribution in [-0.2, 0) is 6.54 Å². The van der Waals surface area contributed by atoms with Gasteiger partial charge in [0.2, 0.25) is 6.33 Å². The molecule has 2 N–H and O–H groups in total. The molecule has 1 heterocycles. The number of nitrogens with zero attached hydrogens (tertiary/aromatic N) is 2. The molecule has 0 aliphatic carbocycles. The molecule has 1 aromatic heterocycles. The minimum atomic E-state index is -0.698. The van der Waals surface area contributed by atoms with Crippen molar-refractivity contribution in [1.29, 1.82) is 0 Å². The monoisotopic (exact) mass is 204 g/mol. The normalized spacial score (nSPS) is 11.8. The SMILES string of the molecule is C=Cn1cc[n+](CC(O)CO)c1.[Cl-]. The van der Waals surface area contributed by atoms with Crippen LogP contribution in [0.2, 0.25) is 0 Å². The molecule has 0 saturated heterocycles. The fourth-order valence-corrected chi connectivity index (χ4v) is 0.928. The summed E-state index contributed by atoms with van der Waals surface area (Å²) in [6.45, 7) is 3.77. The first-order valence-corrected chi connectivity index (χ1v) is 3.74. The first-order valence-electron chi connectivity index (χ1n) is 3.74. The van der Waals surface area contributed by atoms with Gasteiger partial charge in [-0.3, -0.25) is 0 Å². The van der Waals surface area contributed by atoms with Crippen molar-refractivity contribution in [3.8, 4) is 0 Å². The van der Waals surface area contributed by atoms with E-state index in [1.165, 1.54) is 0 Å². The molecule has 0 bridgehead atoms. The Morgan fingerprint density at radius 1 is 1.62 bits per heavy atom. The standard InChI is InChI=1S/C8H13N2O2.ClH/c1-2-9-3-4-10(7-9)5-8(12)6-11;/h2-4,7-8,11-12H,1,5-6H2;1H/q+1;/p-1. The molecule has 0 saturated carbocycles. The fourth-order valence-electron chi connectivity index (χ4n) is 0.928. The minimum Gasteiger partial charge on any atom is -1.00 e. The van der Waals surface area contributed by atoms with E-state index in [0.717, 1.165) is 0 Å². The molecule has 74 valence electrons. The van der Waals surface area contributed by atoms with Gasteiger partial charge in [-0.1, -0.05) is 6.58 Å². The Morgan fingerprint density at radius 2 is 2.31 bits per heavy atom. The van der Waals surface area contributed by atoms with E-state index in [-0.39, 0.29) is 19.0 Å². The lowest BCUT2D eigenvalue weighted by Gasteiger charge is -2.01. The second-order valence-corrected chi connectivity index (χ2v) is 2.58. The first kappa shape index (κ1) is 12.2. The van der Waals surface area contributed by atoms with E-state index < -0.39 is 6.10 Å². The molecule has 1 aromatic rings. The molecule has 13 heavy (non-hydrogen) atoms. The van der Waals surface area contributed by atoms with E-state index in [0.29, 0.717) is 6.54 Å². The number of hydrogen-bond donors (Lipinski definition) is 2. The van der Waals surface area contributed by atoms with Crippen LogP contribution in [0, 0.1) is 0 Å². The van der Waals surface area contributed by atoms with Gasteiger partial charge in [-0.15, -0.1) is 0 Å². The highest BCUT2D eigenvalue weighted by molar-refractivity contribution is 5.12. The lowest BCUT2D eigenvalue weighted by atomic mass is 10.4. The molecular weight excluding hydrogens is 192 g/mol. The van der Waals surface area contributed by atoms with Crippen LogP contribution in [-0.4, -0.2) is 27.5 Å². The smallest absolute Gasteiger partial charge is 0.248 e. The predicted molar refractivity (Wildman–Crippen MR) is 44.1 cm³/mol. The molecule has 0 spiro atoms. The van der Waals surface area contributed by atoms with Crippen molar-refractivity contribution in [2.75, 3.05) is 6.61 Å². The van der Waals surface area contributed by atoms with Crippen LogP contribution < -0.4 is 17.0 Å². The largest absolute Gasteiger partial charge is 1.00 e. The van der Waals surface area contributed by atoms with Gasteiger partial charge in [0.05, 0.1) is 12.8 Å². The number of aromatic nitrogens is 2. The summed E-state index contributed by atoms with van der Waals surface area (Å²) in [4.78, 5) is 0. The van der Waals surface area contributed by atoms with Crippen molar-refractivity contribution in [2.45, 2.75) is 12.6 Å². The van der Waals surface area contributed by atoms with Crippen LogP contribution in [0.1, 0.15) is 0 Å². The van der Waals surface area contributed by atoms with E-state index in [9.17, 15) is 0 Å². The van der Waals surface area contributed by atoms with Gasteiger partial charge in [-0.05, 0) is 0 Å². The summed E-state index contributed by atoms with van der Waals surface area (Å²) >= 11 is 0. The van der Waals surface area contributed by atoms with Crippen molar-refractivity contribution in [3.63, 3.8) is 0 Å². The zero-order valence-electron chi connectivity index (χ0n) is 7.17. The fraction of sp³-hybridized carbons (Fsp3) is 0.375. The quantitative estimate of drug-likeness (QED) is 0.495. The maximum absolute atomic E-state index is 9.09. The van der Waals surface area contributed by atoms with Crippen LogP contribution in [0.4, 0.5) is 0 Å². The Balaban J connectivity index is 0.00000144. The molecule has 1 rings (SSSR count). The maximum Gasteiger partial charge on any atom is 0.248 e. The van der Waals surface area contributed by atoms with E-state index in [4.69, 9.17) is 10.2 Å². The van der Waals surface area contributed by atoms with Crippen LogP contribution in [0.3, 0.4) is 0 Å². The number of hydrogen-bond acceptors (Lipinski definition) is 2. The molecular formula is C8H13ClN2O2. The van der Waals surface area contributed by atoms with Crippen LogP contribution in [0.25, 0.3) is 6.20 Å². The Hall–Kier alpha value is -0.840. The van der Waals surface area contributed by atoms with Crippen molar-refractivity contribution in [1.82, 2.24) is 4.57 Å². The average molecular weight is 205 g/mol. The van der Waals surface area contributed by atoms with Crippen molar-refractivity contribution in [3.05, 3.63) is 25.3 Å². The molecule has 0 amide bonds. The topological polar surface area (TPSA) is 49.3 Å². The number of rotatable bonds is 4. The van der Waals surface area contributed by atoms with Crippen molar-refractivity contribution < 1.29 is 27.2 Å². The maximum atomic E-state index is 9.09. The second-order valence-electron chi connectivity index (χ2n) is 2.58. The number of halogens is 1. The lowest BCUT2D eigenvalue weighted by Crippen LogP contribution is -3.00. The minimum absolute atomic E-state index is 0.